The van der Waals surface area contributed by atoms with E-state index in [9.17, 15) is 24.8 Å². The van der Waals surface area contributed by atoms with E-state index in [1.54, 1.807) is 29.5 Å². The molecule has 6 nitrogen and oxygen atoms in total. The molecule has 2 aliphatic rings. The molecule has 0 radical (unpaired) electrons. The molecule has 2 aliphatic heterocycles. The lowest BCUT2D eigenvalue weighted by Gasteiger charge is -2.46. The Balaban J connectivity index is 1.45. The fourth-order valence-corrected chi connectivity index (χ4v) is 5.62. The number of aryl methyl sites for hydroxylation is 1. The third-order valence-corrected chi connectivity index (χ3v) is 7.77. The predicted molar refractivity (Wildman–Crippen MR) is 120 cm³/mol. The summed E-state index contributed by atoms with van der Waals surface area (Å²) in [5.74, 6) is -1.95. The fourth-order valence-electron chi connectivity index (χ4n) is 4.58. The quantitative estimate of drug-likeness (QED) is 0.456. The maximum atomic E-state index is 13.2. The van der Waals surface area contributed by atoms with Gasteiger partial charge in [0.1, 0.15) is 29.7 Å². The first kappa shape index (κ1) is 22.6. The Kier molecular flexibility index (Phi) is 5.65. The van der Waals surface area contributed by atoms with Crippen molar-refractivity contribution in [3.8, 4) is 10.4 Å². The smallest absolute Gasteiger partial charge is 0.225 e. The van der Waals surface area contributed by atoms with Crippen molar-refractivity contribution in [3.05, 3.63) is 82.0 Å². The van der Waals surface area contributed by atoms with Crippen LogP contribution in [-0.4, -0.2) is 57.6 Å². The fraction of sp³-hybridized carbons (Fsp3) is 0.360. The zero-order valence-corrected chi connectivity index (χ0v) is 18.8. The van der Waals surface area contributed by atoms with Crippen LogP contribution in [0.3, 0.4) is 0 Å². The number of rotatable bonds is 5. The molecule has 174 valence electrons. The molecule has 3 heterocycles. The van der Waals surface area contributed by atoms with Gasteiger partial charge in [0.05, 0.1) is 13.2 Å². The molecule has 3 aromatic rings. The van der Waals surface area contributed by atoms with Gasteiger partial charge < -0.3 is 29.9 Å². The summed E-state index contributed by atoms with van der Waals surface area (Å²) in [7, 11) is 0. The lowest BCUT2D eigenvalue weighted by molar-refractivity contribution is -0.329. The number of benzene rings is 2. The molecule has 2 aromatic carbocycles. The molecule has 8 heteroatoms. The van der Waals surface area contributed by atoms with Crippen LogP contribution in [0.5, 0.6) is 0 Å². The summed E-state index contributed by atoms with van der Waals surface area (Å²) in [6, 6.07) is 15.9. The zero-order chi connectivity index (χ0) is 23.4. The molecule has 2 bridgehead atoms. The number of thiophene rings is 1. The summed E-state index contributed by atoms with van der Waals surface area (Å²) >= 11 is 1.61. The Labute approximate surface area is 194 Å². The van der Waals surface area contributed by atoms with Crippen LogP contribution in [0.1, 0.15) is 21.6 Å². The second kappa shape index (κ2) is 8.25. The van der Waals surface area contributed by atoms with Crippen LogP contribution in [0.15, 0.2) is 54.6 Å². The lowest BCUT2D eigenvalue weighted by atomic mass is 9.83. The van der Waals surface area contributed by atoms with E-state index in [-0.39, 0.29) is 12.4 Å². The SMILES string of the molecule is Cc1ccc(C23OC[C@@](CO)(O2)[C@@H](O)[C@H](O)[C@H]3O)cc1Cc1ccc(-c2ccc(F)cc2)s1. The zero-order valence-electron chi connectivity index (χ0n) is 17.9. The van der Waals surface area contributed by atoms with E-state index in [1.807, 2.05) is 31.2 Å². The van der Waals surface area contributed by atoms with E-state index in [0.717, 1.165) is 26.4 Å². The van der Waals surface area contributed by atoms with Crippen molar-refractivity contribution in [1.29, 1.82) is 0 Å². The van der Waals surface area contributed by atoms with E-state index < -0.39 is 36.3 Å². The molecule has 4 N–H and O–H groups in total. The highest BCUT2D eigenvalue weighted by molar-refractivity contribution is 7.15. The van der Waals surface area contributed by atoms with Gasteiger partial charge in [-0.05, 0) is 53.9 Å². The Bertz CT molecular complexity index is 1160. The van der Waals surface area contributed by atoms with Crippen molar-refractivity contribution < 1.29 is 34.3 Å². The Morgan fingerprint density at radius 1 is 1.03 bits per heavy atom. The van der Waals surface area contributed by atoms with Gasteiger partial charge in [0.25, 0.3) is 0 Å². The lowest BCUT2D eigenvalue weighted by Crippen LogP contribution is -2.65. The normalized spacial score (nSPS) is 31.2. The highest BCUT2D eigenvalue weighted by Gasteiger charge is 2.67. The monoisotopic (exact) mass is 472 g/mol. The van der Waals surface area contributed by atoms with Gasteiger partial charge in [-0.2, -0.15) is 0 Å². The molecule has 5 atom stereocenters. The molecule has 0 amide bonds. The number of fused-ring (bicyclic) bond motifs is 2. The van der Waals surface area contributed by atoms with Crippen LogP contribution >= 0.6 is 11.3 Å². The average Bonchev–Trinajstić information content (AvgIpc) is 3.44. The first-order valence-corrected chi connectivity index (χ1v) is 11.5. The van der Waals surface area contributed by atoms with Crippen LogP contribution in [0.4, 0.5) is 4.39 Å². The van der Waals surface area contributed by atoms with Crippen molar-refractivity contribution in [2.75, 3.05) is 13.2 Å². The summed E-state index contributed by atoms with van der Waals surface area (Å²) < 4.78 is 25.0. The first-order chi connectivity index (χ1) is 15.8. The van der Waals surface area contributed by atoms with Gasteiger partial charge in [-0.25, -0.2) is 4.39 Å². The van der Waals surface area contributed by atoms with Crippen LogP contribution in [0.25, 0.3) is 10.4 Å². The molecule has 1 unspecified atom stereocenters. The average molecular weight is 473 g/mol. The summed E-state index contributed by atoms with van der Waals surface area (Å²) in [5.41, 5.74) is 1.97. The molecule has 33 heavy (non-hydrogen) atoms. The minimum Gasteiger partial charge on any atom is -0.393 e. The van der Waals surface area contributed by atoms with Gasteiger partial charge in [0.2, 0.25) is 5.79 Å². The molecule has 0 saturated carbocycles. The predicted octanol–water partition coefficient (Wildman–Crippen LogP) is 2.48. The second-order valence-corrected chi connectivity index (χ2v) is 9.92. The highest BCUT2D eigenvalue weighted by Crippen LogP contribution is 2.49. The molecule has 1 aromatic heterocycles. The molecule has 2 fully saturated rings. The summed E-state index contributed by atoms with van der Waals surface area (Å²) in [4.78, 5) is 2.14. The number of halogens is 1. The topological polar surface area (TPSA) is 99.4 Å². The second-order valence-electron chi connectivity index (χ2n) is 8.75. The van der Waals surface area contributed by atoms with Gasteiger partial charge in [0, 0.05) is 21.7 Å². The van der Waals surface area contributed by atoms with Crippen molar-refractivity contribution in [1.82, 2.24) is 0 Å². The van der Waals surface area contributed by atoms with Crippen LogP contribution in [0.2, 0.25) is 0 Å². The molecular formula is C25H25FO6S. The van der Waals surface area contributed by atoms with E-state index in [2.05, 4.69) is 0 Å². The summed E-state index contributed by atoms with van der Waals surface area (Å²) in [6.07, 6.45) is -3.92. The van der Waals surface area contributed by atoms with Gasteiger partial charge in [0.15, 0.2) is 0 Å². The van der Waals surface area contributed by atoms with E-state index >= 15 is 0 Å². The Morgan fingerprint density at radius 2 is 1.79 bits per heavy atom. The third kappa shape index (κ3) is 3.63. The van der Waals surface area contributed by atoms with Crippen LogP contribution in [-0.2, 0) is 21.7 Å². The number of aliphatic hydroxyl groups is 4. The van der Waals surface area contributed by atoms with Gasteiger partial charge in [-0.3, -0.25) is 0 Å². The molecule has 2 saturated heterocycles. The highest BCUT2D eigenvalue weighted by atomic mass is 32.1. The molecule has 0 spiro atoms. The van der Waals surface area contributed by atoms with Crippen molar-refractivity contribution in [3.63, 3.8) is 0 Å². The maximum absolute atomic E-state index is 13.2. The number of ether oxygens (including phenoxy) is 2. The molecule has 5 rings (SSSR count). The van der Waals surface area contributed by atoms with Crippen molar-refractivity contribution in [2.45, 2.75) is 43.0 Å². The number of hydrogen-bond donors (Lipinski definition) is 4. The third-order valence-electron chi connectivity index (χ3n) is 6.64. The van der Waals surface area contributed by atoms with Crippen LogP contribution in [0, 0.1) is 12.7 Å². The van der Waals surface area contributed by atoms with Crippen LogP contribution < -0.4 is 0 Å². The Hall–Kier alpha value is -2.17. The number of aliphatic hydroxyl groups excluding tert-OH is 4. The van der Waals surface area contributed by atoms with E-state index in [0.29, 0.717) is 12.0 Å². The van der Waals surface area contributed by atoms with Gasteiger partial charge in [-0.15, -0.1) is 11.3 Å². The van der Waals surface area contributed by atoms with E-state index in [4.69, 9.17) is 9.47 Å². The van der Waals surface area contributed by atoms with Crippen molar-refractivity contribution >= 4 is 11.3 Å². The van der Waals surface area contributed by atoms with Gasteiger partial charge >= 0.3 is 0 Å². The number of hydrogen-bond acceptors (Lipinski definition) is 7. The standard InChI is InChI=1S/C25H25FO6S/c1-14-2-5-17(25-23(30)21(28)22(29)24(12-27,32-25)13-31-25)10-16(14)11-19-8-9-20(33-19)15-3-6-18(26)7-4-15/h2-10,21-23,27-30H,11-13H2,1H3/t21-,22-,23+,24+,25?/m0/s1. The molecule has 0 aliphatic carbocycles. The van der Waals surface area contributed by atoms with Gasteiger partial charge in [-0.1, -0.05) is 24.3 Å². The minimum atomic E-state index is -1.68. The first-order valence-electron chi connectivity index (χ1n) is 10.7. The summed E-state index contributed by atoms with van der Waals surface area (Å²) in [6.45, 7) is 1.27. The summed E-state index contributed by atoms with van der Waals surface area (Å²) in [5, 5.41) is 41.4. The molecular weight excluding hydrogens is 447 g/mol. The maximum Gasteiger partial charge on any atom is 0.225 e. The largest absolute Gasteiger partial charge is 0.393 e. The van der Waals surface area contributed by atoms with E-state index in [1.165, 1.54) is 12.1 Å². The minimum absolute atomic E-state index is 0.159. The van der Waals surface area contributed by atoms with Crippen molar-refractivity contribution in [2.24, 2.45) is 0 Å². The Morgan fingerprint density at radius 3 is 2.52 bits per heavy atom.